The molecule has 2 N–H and O–H groups in total. The van der Waals surface area contributed by atoms with E-state index in [1.165, 1.54) is 47.4 Å². The van der Waals surface area contributed by atoms with Crippen molar-refractivity contribution in [3.8, 4) is 17.2 Å². The van der Waals surface area contributed by atoms with Gasteiger partial charge in [0.2, 0.25) is 0 Å². The van der Waals surface area contributed by atoms with E-state index in [4.69, 9.17) is 18.9 Å². The zero-order valence-electron chi connectivity index (χ0n) is 14.1. The SMILES string of the molecule is CNC(=O)NC(=O)[C@@H](C)OC(=O)c1cc(OC)c(OC)cc1OC. The quantitative estimate of drug-likeness (QED) is 0.734. The molecule has 0 fully saturated rings. The number of imide groups is 1. The van der Waals surface area contributed by atoms with Crippen LogP contribution in [0.1, 0.15) is 17.3 Å². The number of carbonyl (C=O) groups excluding carboxylic acids is 3. The minimum Gasteiger partial charge on any atom is -0.496 e. The number of nitrogens with one attached hydrogen (secondary N) is 2. The van der Waals surface area contributed by atoms with Crippen LogP contribution in [0.2, 0.25) is 0 Å². The minimum absolute atomic E-state index is 0.0507. The maximum Gasteiger partial charge on any atom is 0.342 e. The molecule has 24 heavy (non-hydrogen) atoms. The van der Waals surface area contributed by atoms with Gasteiger partial charge in [0.25, 0.3) is 5.91 Å². The van der Waals surface area contributed by atoms with E-state index in [2.05, 4.69) is 5.32 Å². The van der Waals surface area contributed by atoms with E-state index in [1.807, 2.05) is 5.32 Å². The zero-order chi connectivity index (χ0) is 18.3. The lowest BCUT2D eigenvalue weighted by atomic mass is 10.1. The summed E-state index contributed by atoms with van der Waals surface area (Å²) >= 11 is 0. The molecule has 1 rings (SSSR count). The Morgan fingerprint density at radius 1 is 0.958 bits per heavy atom. The summed E-state index contributed by atoms with van der Waals surface area (Å²) in [6.45, 7) is 1.34. The van der Waals surface area contributed by atoms with Crippen molar-refractivity contribution < 1.29 is 33.3 Å². The van der Waals surface area contributed by atoms with Crippen molar-refractivity contribution in [1.29, 1.82) is 0 Å². The lowest BCUT2D eigenvalue weighted by molar-refractivity contribution is -0.127. The van der Waals surface area contributed by atoms with E-state index in [0.717, 1.165) is 0 Å². The molecule has 3 amide bonds. The number of hydrogen-bond donors (Lipinski definition) is 2. The Labute approximate surface area is 139 Å². The molecule has 9 heteroatoms. The summed E-state index contributed by atoms with van der Waals surface area (Å²) in [7, 11) is 5.59. The number of urea groups is 1. The highest BCUT2D eigenvalue weighted by Crippen LogP contribution is 2.35. The molecule has 0 heterocycles. The average Bonchev–Trinajstić information content (AvgIpc) is 2.59. The Hall–Kier alpha value is -2.97. The molecule has 1 aromatic rings. The molecule has 0 aliphatic heterocycles. The van der Waals surface area contributed by atoms with Crippen molar-refractivity contribution in [3.63, 3.8) is 0 Å². The van der Waals surface area contributed by atoms with Crippen LogP contribution in [0.25, 0.3) is 0 Å². The molecule has 0 spiro atoms. The fourth-order valence-corrected chi connectivity index (χ4v) is 1.74. The standard InChI is InChI=1S/C15H20N2O7/c1-8(13(18)17-15(20)16-2)24-14(19)9-6-11(22-4)12(23-5)7-10(9)21-3/h6-8H,1-5H3,(H2,16,17,18,20)/t8-/m1/s1. The van der Waals surface area contributed by atoms with E-state index in [-0.39, 0.29) is 11.3 Å². The van der Waals surface area contributed by atoms with Crippen molar-refractivity contribution in [3.05, 3.63) is 17.7 Å². The molecule has 1 aromatic carbocycles. The molecule has 1 atom stereocenters. The summed E-state index contributed by atoms with van der Waals surface area (Å²) in [6.07, 6.45) is -1.19. The van der Waals surface area contributed by atoms with Crippen molar-refractivity contribution >= 4 is 17.9 Å². The van der Waals surface area contributed by atoms with Crippen molar-refractivity contribution in [2.75, 3.05) is 28.4 Å². The van der Waals surface area contributed by atoms with Gasteiger partial charge in [0.15, 0.2) is 17.6 Å². The third kappa shape index (κ3) is 4.51. The highest BCUT2D eigenvalue weighted by atomic mass is 16.6. The van der Waals surface area contributed by atoms with Gasteiger partial charge in [-0.25, -0.2) is 9.59 Å². The van der Waals surface area contributed by atoms with E-state index >= 15 is 0 Å². The molecule has 9 nitrogen and oxygen atoms in total. The van der Waals surface area contributed by atoms with E-state index in [0.29, 0.717) is 11.5 Å². The van der Waals surface area contributed by atoms with Crippen LogP contribution in [0.4, 0.5) is 4.79 Å². The van der Waals surface area contributed by atoms with Crippen LogP contribution in [-0.4, -0.2) is 52.4 Å². The first-order valence-electron chi connectivity index (χ1n) is 6.91. The number of ether oxygens (including phenoxy) is 4. The Morgan fingerprint density at radius 2 is 1.50 bits per heavy atom. The summed E-state index contributed by atoms with van der Waals surface area (Å²) < 4.78 is 20.4. The van der Waals surface area contributed by atoms with Gasteiger partial charge in [-0.1, -0.05) is 0 Å². The van der Waals surface area contributed by atoms with Gasteiger partial charge in [-0.3, -0.25) is 10.1 Å². The second-order valence-corrected chi connectivity index (χ2v) is 4.52. The molecule has 132 valence electrons. The predicted octanol–water partition coefficient (Wildman–Crippen LogP) is 0.713. The van der Waals surface area contributed by atoms with Crippen LogP contribution in [0.3, 0.4) is 0 Å². The Kier molecular flexibility index (Phi) is 6.84. The molecule has 0 aromatic heterocycles. The smallest absolute Gasteiger partial charge is 0.342 e. The van der Waals surface area contributed by atoms with Gasteiger partial charge >= 0.3 is 12.0 Å². The molecular weight excluding hydrogens is 320 g/mol. The van der Waals surface area contributed by atoms with Gasteiger partial charge in [-0.2, -0.15) is 0 Å². The zero-order valence-corrected chi connectivity index (χ0v) is 14.1. The van der Waals surface area contributed by atoms with Crippen molar-refractivity contribution in [2.45, 2.75) is 13.0 Å². The molecular formula is C15H20N2O7. The van der Waals surface area contributed by atoms with Crippen LogP contribution in [0.5, 0.6) is 17.2 Å². The molecule has 0 aliphatic carbocycles. The van der Waals surface area contributed by atoms with Gasteiger partial charge in [0.1, 0.15) is 11.3 Å². The predicted molar refractivity (Wildman–Crippen MR) is 83.6 cm³/mol. The number of benzene rings is 1. The Morgan fingerprint density at radius 3 is 2.00 bits per heavy atom. The molecule has 0 unspecified atom stereocenters. The number of carbonyl (C=O) groups is 3. The number of amides is 3. The van der Waals surface area contributed by atoms with E-state index < -0.39 is 24.0 Å². The lowest BCUT2D eigenvalue weighted by Crippen LogP contribution is -2.43. The number of esters is 1. The molecule has 0 aliphatic rings. The van der Waals surface area contributed by atoms with Gasteiger partial charge in [-0.05, 0) is 6.92 Å². The normalized spacial score (nSPS) is 11.0. The minimum atomic E-state index is -1.19. The molecule has 0 saturated carbocycles. The van der Waals surface area contributed by atoms with Gasteiger partial charge < -0.3 is 24.3 Å². The summed E-state index contributed by atoms with van der Waals surface area (Å²) in [5.41, 5.74) is 0.0507. The van der Waals surface area contributed by atoms with Gasteiger partial charge in [-0.15, -0.1) is 0 Å². The van der Waals surface area contributed by atoms with Crippen LogP contribution in [0.15, 0.2) is 12.1 Å². The average molecular weight is 340 g/mol. The summed E-state index contributed by atoms with van der Waals surface area (Å²) in [4.78, 5) is 35.1. The molecule has 0 radical (unpaired) electrons. The largest absolute Gasteiger partial charge is 0.496 e. The Balaban J connectivity index is 2.98. The van der Waals surface area contributed by atoms with Gasteiger partial charge in [0, 0.05) is 19.2 Å². The Bertz CT molecular complexity index is 630. The summed E-state index contributed by atoms with van der Waals surface area (Å²) in [5.74, 6) is -0.713. The van der Waals surface area contributed by atoms with Crippen LogP contribution >= 0.6 is 0 Å². The van der Waals surface area contributed by atoms with E-state index in [9.17, 15) is 14.4 Å². The third-order valence-corrected chi connectivity index (χ3v) is 3.04. The fraction of sp³-hybridized carbons (Fsp3) is 0.400. The first-order valence-corrected chi connectivity index (χ1v) is 6.91. The summed E-state index contributed by atoms with van der Waals surface area (Å²) in [6, 6.07) is 2.14. The second kappa shape index (κ2) is 8.61. The number of rotatable bonds is 6. The van der Waals surface area contributed by atoms with Crippen molar-refractivity contribution in [2.24, 2.45) is 0 Å². The highest BCUT2D eigenvalue weighted by molar-refractivity contribution is 5.99. The first-order chi connectivity index (χ1) is 11.4. The van der Waals surface area contributed by atoms with Crippen LogP contribution < -0.4 is 24.8 Å². The van der Waals surface area contributed by atoms with Crippen LogP contribution in [-0.2, 0) is 9.53 Å². The van der Waals surface area contributed by atoms with E-state index in [1.54, 1.807) is 0 Å². The highest BCUT2D eigenvalue weighted by Gasteiger charge is 2.24. The third-order valence-electron chi connectivity index (χ3n) is 3.04. The lowest BCUT2D eigenvalue weighted by Gasteiger charge is -2.16. The first kappa shape index (κ1) is 19.1. The number of hydrogen-bond acceptors (Lipinski definition) is 7. The monoisotopic (exact) mass is 340 g/mol. The van der Waals surface area contributed by atoms with Gasteiger partial charge in [0.05, 0.1) is 21.3 Å². The maximum atomic E-state index is 12.3. The van der Waals surface area contributed by atoms with Crippen LogP contribution in [0, 0.1) is 0 Å². The molecule has 0 bridgehead atoms. The number of methoxy groups -OCH3 is 3. The maximum absolute atomic E-state index is 12.3. The van der Waals surface area contributed by atoms with Crippen molar-refractivity contribution in [1.82, 2.24) is 10.6 Å². The molecule has 0 saturated heterocycles. The second-order valence-electron chi connectivity index (χ2n) is 4.52. The fourth-order valence-electron chi connectivity index (χ4n) is 1.74. The topological polar surface area (TPSA) is 112 Å². The summed E-state index contributed by atoms with van der Waals surface area (Å²) in [5, 5.41) is 4.23.